The van der Waals surface area contributed by atoms with Crippen LogP contribution in [0.1, 0.15) is 24.6 Å². The molecule has 7 nitrogen and oxygen atoms in total. The molecule has 0 bridgehead atoms. The number of halogens is 2. The Hall–Kier alpha value is -2.85. The summed E-state index contributed by atoms with van der Waals surface area (Å²) in [6.45, 7) is -0.320. The van der Waals surface area contributed by atoms with E-state index in [1.165, 1.54) is 9.25 Å². The van der Waals surface area contributed by atoms with Crippen molar-refractivity contribution in [1.82, 2.24) is 19.1 Å². The van der Waals surface area contributed by atoms with Crippen molar-refractivity contribution in [3.8, 4) is 5.69 Å². The minimum absolute atomic E-state index is 0.0757. The summed E-state index contributed by atoms with van der Waals surface area (Å²) in [5.41, 5.74) is 0.286. The van der Waals surface area contributed by atoms with Gasteiger partial charge in [-0.25, -0.2) is 36.0 Å². The molecule has 1 fully saturated rings. The van der Waals surface area contributed by atoms with Crippen molar-refractivity contribution < 1.29 is 17.2 Å². The maximum Gasteiger partial charge on any atom is 0.350 e. The van der Waals surface area contributed by atoms with Gasteiger partial charge < -0.3 is 0 Å². The normalized spacial score (nSPS) is 14.3. The Morgan fingerprint density at radius 2 is 1.69 bits per heavy atom. The Bertz CT molecular complexity index is 1180. The number of nitrogens with zero attached hydrogens (tertiary/aromatic N) is 3. The van der Waals surface area contributed by atoms with Crippen molar-refractivity contribution in [2.45, 2.75) is 30.2 Å². The van der Waals surface area contributed by atoms with Crippen LogP contribution in [0.2, 0.25) is 0 Å². The lowest BCUT2D eigenvalue weighted by molar-refractivity contribution is 0.508. The van der Waals surface area contributed by atoms with Gasteiger partial charge in [0, 0.05) is 12.5 Å². The Morgan fingerprint density at radius 3 is 2.31 bits per heavy atom. The van der Waals surface area contributed by atoms with Crippen molar-refractivity contribution in [1.29, 1.82) is 0 Å². The minimum atomic E-state index is -4.41. The highest BCUT2D eigenvalue weighted by molar-refractivity contribution is 7.89. The van der Waals surface area contributed by atoms with E-state index in [9.17, 15) is 22.0 Å². The number of aromatic nitrogens is 3. The van der Waals surface area contributed by atoms with E-state index in [1.807, 2.05) is 18.2 Å². The Balaban J connectivity index is 1.56. The molecular weight excluding hydrogens is 402 g/mol. The number of benzene rings is 2. The monoisotopic (exact) mass is 420 g/mol. The summed E-state index contributed by atoms with van der Waals surface area (Å²) in [5.74, 6) is -1.55. The van der Waals surface area contributed by atoms with Crippen LogP contribution >= 0.6 is 0 Å². The van der Waals surface area contributed by atoms with Crippen LogP contribution in [0, 0.1) is 11.6 Å². The molecule has 0 unspecified atom stereocenters. The molecule has 0 spiro atoms. The Labute approximate surface area is 165 Å². The molecule has 1 saturated carbocycles. The number of nitrogens with one attached hydrogen (secondary N) is 1. The van der Waals surface area contributed by atoms with Gasteiger partial charge in [0.1, 0.15) is 17.5 Å². The SMILES string of the molecule is O=c1n(CCNS(=O)(=O)c2c(F)cccc2F)nc(C2CC2)n1-c1ccccc1. The third kappa shape index (κ3) is 3.85. The largest absolute Gasteiger partial charge is 0.350 e. The average Bonchev–Trinajstić information content (AvgIpc) is 3.47. The summed E-state index contributed by atoms with van der Waals surface area (Å²) < 4.78 is 56.9. The topological polar surface area (TPSA) is 86.0 Å². The van der Waals surface area contributed by atoms with Gasteiger partial charge in [-0.15, -0.1) is 0 Å². The van der Waals surface area contributed by atoms with Gasteiger partial charge >= 0.3 is 5.69 Å². The van der Waals surface area contributed by atoms with Crippen molar-refractivity contribution >= 4 is 10.0 Å². The highest BCUT2D eigenvalue weighted by Gasteiger charge is 2.31. The fourth-order valence-corrected chi connectivity index (χ4v) is 4.25. The van der Waals surface area contributed by atoms with Crippen LogP contribution < -0.4 is 10.4 Å². The van der Waals surface area contributed by atoms with Gasteiger partial charge in [0.2, 0.25) is 10.0 Å². The van der Waals surface area contributed by atoms with E-state index in [0.29, 0.717) is 11.5 Å². The molecule has 0 amide bonds. The molecule has 0 aliphatic heterocycles. The highest BCUT2D eigenvalue weighted by atomic mass is 32.2. The summed E-state index contributed by atoms with van der Waals surface area (Å²) in [7, 11) is -4.41. The molecule has 1 aromatic heterocycles. The van der Waals surface area contributed by atoms with Gasteiger partial charge in [-0.3, -0.25) is 0 Å². The molecule has 1 aliphatic rings. The van der Waals surface area contributed by atoms with E-state index < -0.39 is 32.2 Å². The van der Waals surface area contributed by atoms with Crippen molar-refractivity contribution in [3.63, 3.8) is 0 Å². The van der Waals surface area contributed by atoms with Crippen molar-refractivity contribution in [2.75, 3.05) is 6.54 Å². The van der Waals surface area contributed by atoms with Crippen LogP contribution in [0.15, 0.2) is 58.2 Å². The predicted molar refractivity (Wildman–Crippen MR) is 101 cm³/mol. The highest BCUT2D eigenvalue weighted by Crippen LogP contribution is 2.39. The van der Waals surface area contributed by atoms with Gasteiger partial charge in [-0.1, -0.05) is 24.3 Å². The number of hydrogen-bond donors (Lipinski definition) is 1. The average molecular weight is 420 g/mol. The number of para-hydroxylation sites is 1. The first-order valence-electron chi connectivity index (χ1n) is 9.07. The fraction of sp³-hybridized carbons (Fsp3) is 0.263. The van der Waals surface area contributed by atoms with Crippen LogP contribution in [0.25, 0.3) is 5.69 Å². The first kappa shape index (κ1) is 19.5. The van der Waals surface area contributed by atoms with E-state index in [0.717, 1.165) is 31.0 Å². The van der Waals surface area contributed by atoms with Gasteiger partial charge in [0.25, 0.3) is 0 Å². The number of rotatable bonds is 7. The maximum absolute atomic E-state index is 13.8. The fourth-order valence-electron chi connectivity index (χ4n) is 3.09. The van der Waals surface area contributed by atoms with Crippen LogP contribution in [0.3, 0.4) is 0 Å². The molecule has 0 atom stereocenters. The van der Waals surface area contributed by atoms with Crippen LogP contribution in [-0.2, 0) is 16.6 Å². The second-order valence-electron chi connectivity index (χ2n) is 6.76. The standard InChI is InChI=1S/C19H18F2N4O3S/c20-15-7-4-8-16(21)17(15)29(27,28)22-11-12-24-19(26)25(14-5-2-1-3-6-14)18(23-24)13-9-10-13/h1-8,13,22H,9-12H2. The molecule has 0 saturated heterocycles. The summed E-state index contributed by atoms with van der Waals surface area (Å²) in [4.78, 5) is 11.8. The zero-order valence-electron chi connectivity index (χ0n) is 15.3. The van der Waals surface area contributed by atoms with E-state index >= 15 is 0 Å². The predicted octanol–water partition coefficient (Wildman–Crippen LogP) is 2.17. The summed E-state index contributed by atoms with van der Waals surface area (Å²) in [5, 5.41) is 4.36. The molecule has 10 heteroatoms. The second-order valence-corrected chi connectivity index (χ2v) is 8.46. The van der Waals surface area contributed by atoms with Crippen molar-refractivity contribution in [3.05, 3.63) is 76.5 Å². The molecule has 1 heterocycles. The van der Waals surface area contributed by atoms with Gasteiger partial charge in [-0.2, -0.15) is 5.10 Å². The first-order chi connectivity index (χ1) is 13.9. The zero-order valence-corrected chi connectivity index (χ0v) is 16.1. The minimum Gasteiger partial charge on any atom is -0.247 e. The van der Waals surface area contributed by atoms with Gasteiger partial charge in [0.05, 0.1) is 12.2 Å². The number of hydrogen-bond acceptors (Lipinski definition) is 4. The number of sulfonamides is 1. The third-order valence-electron chi connectivity index (χ3n) is 4.62. The molecule has 152 valence electrons. The molecule has 1 N–H and O–H groups in total. The molecule has 4 rings (SSSR count). The van der Waals surface area contributed by atoms with E-state index in [-0.39, 0.29) is 19.0 Å². The van der Waals surface area contributed by atoms with Gasteiger partial charge in [-0.05, 0) is 37.1 Å². The summed E-state index contributed by atoms with van der Waals surface area (Å²) >= 11 is 0. The smallest absolute Gasteiger partial charge is 0.247 e. The first-order valence-corrected chi connectivity index (χ1v) is 10.6. The summed E-state index contributed by atoms with van der Waals surface area (Å²) in [6.07, 6.45) is 1.87. The van der Waals surface area contributed by atoms with E-state index in [2.05, 4.69) is 9.82 Å². The molecule has 29 heavy (non-hydrogen) atoms. The lowest BCUT2D eigenvalue weighted by atomic mass is 10.3. The maximum atomic E-state index is 13.8. The molecule has 1 aliphatic carbocycles. The molecule has 2 aromatic carbocycles. The lowest BCUT2D eigenvalue weighted by Crippen LogP contribution is -2.32. The van der Waals surface area contributed by atoms with Crippen LogP contribution in [-0.4, -0.2) is 29.3 Å². The van der Waals surface area contributed by atoms with Crippen LogP contribution in [0.5, 0.6) is 0 Å². The van der Waals surface area contributed by atoms with Gasteiger partial charge in [0.15, 0.2) is 4.90 Å². The molecule has 0 radical (unpaired) electrons. The van der Waals surface area contributed by atoms with E-state index in [1.54, 1.807) is 12.1 Å². The molecule has 3 aromatic rings. The Morgan fingerprint density at radius 1 is 1.03 bits per heavy atom. The zero-order chi connectivity index (χ0) is 20.6. The quantitative estimate of drug-likeness (QED) is 0.635. The van der Waals surface area contributed by atoms with Crippen molar-refractivity contribution in [2.24, 2.45) is 0 Å². The second kappa shape index (κ2) is 7.53. The molecular formula is C19H18F2N4O3S. The van der Waals surface area contributed by atoms with Crippen LogP contribution in [0.4, 0.5) is 8.78 Å². The van der Waals surface area contributed by atoms with E-state index in [4.69, 9.17) is 0 Å². The summed E-state index contributed by atoms with van der Waals surface area (Å²) in [6, 6.07) is 11.9. The Kier molecular flexibility index (Phi) is 5.05. The lowest BCUT2D eigenvalue weighted by Gasteiger charge is -2.08. The third-order valence-corrected chi connectivity index (χ3v) is 6.14.